The zero-order valence-electron chi connectivity index (χ0n) is 29.7. The summed E-state index contributed by atoms with van der Waals surface area (Å²) in [5.41, 5.74) is 14.0. The second kappa shape index (κ2) is 12.7. The molecule has 3 heteroatoms. The minimum atomic E-state index is -0.00158. The van der Waals surface area contributed by atoms with Crippen molar-refractivity contribution in [1.82, 2.24) is 0 Å². The molecule has 0 aliphatic heterocycles. The van der Waals surface area contributed by atoms with Crippen molar-refractivity contribution in [3.8, 4) is 57.4 Å². The van der Waals surface area contributed by atoms with Crippen molar-refractivity contribution >= 4 is 11.3 Å². The van der Waals surface area contributed by atoms with Gasteiger partial charge in [-0.2, -0.15) is 10.5 Å². The molecule has 5 aromatic carbocycles. The van der Waals surface area contributed by atoms with Crippen LogP contribution in [0.15, 0.2) is 109 Å². The first-order valence-electron chi connectivity index (χ1n) is 16.7. The fourth-order valence-corrected chi connectivity index (χ4v) is 6.56. The van der Waals surface area contributed by atoms with E-state index < -0.39 is 0 Å². The van der Waals surface area contributed by atoms with E-state index in [9.17, 15) is 10.5 Å². The van der Waals surface area contributed by atoms with Gasteiger partial charge in [0.1, 0.15) is 17.7 Å². The van der Waals surface area contributed by atoms with Crippen LogP contribution in [-0.2, 0) is 10.8 Å². The van der Waals surface area contributed by atoms with Crippen LogP contribution in [0.5, 0.6) is 0 Å². The summed E-state index contributed by atoms with van der Waals surface area (Å²) in [5, 5.41) is 20.6. The molecule has 0 saturated heterocycles. The number of benzene rings is 5. The molecule has 0 bridgehead atoms. The maximum Gasteiger partial charge on any atom is 0.138 e. The predicted octanol–water partition coefficient (Wildman–Crippen LogP) is 10.9. The summed E-state index contributed by atoms with van der Waals surface area (Å²) in [6, 6.07) is 40.5. The number of rotatable bonds is 3. The Bertz CT molecular complexity index is 2230. The number of allylic oxidation sites excluding steroid dienone is 1. The van der Waals surface area contributed by atoms with Crippen molar-refractivity contribution in [1.29, 1.82) is 10.5 Å². The lowest BCUT2D eigenvalue weighted by Gasteiger charge is -2.22. The van der Waals surface area contributed by atoms with Gasteiger partial charge >= 0.3 is 0 Å². The third kappa shape index (κ3) is 6.27. The van der Waals surface area contributed by atoms with E-state index in [2.05, 4.69) is 155 Å². The molecular weight excluding hydrogens is 595 g/mol. The van der Waals surface area contributed by atoms with Gasteiger partial charge in [-0.25, -0.2) is 0 Å². The van der Waals surface area contributed by atoms with Crippen molar-refractivity contribution < 1.29 is 0 Å². The van der Waals surface area contributed by atoms with E-state index in [0.717, 1.165) is 61.3 Å². The predicted molar refractivity (Wildman–Crippen MR) is 204 cm³/mol. The summed E-state index contributed by atoms with van der Waals surface area (Å²) in [6.45, 7) is 13.3. The van der Waals surface area contributed by atoms with Crippen LogP contribution in [0.25, 0.3) is 39.0 Å². The highest BCUT2D eigenvalue weighted by molar-refractivity contribution is 6.13. The third-order valence-corrected chi connectivity index (χ3v) is 9.34. The molecule has 3 nitrogen and oxygen atoms in total. The number of anilines is 1. The van der Waals surface area contributed by atoms with E-state index in [0.29, 0.717) is 5.57 Å². The van der Waals surface area contributed by atoms with E-state index >= 15 is 0 Å². The van der Waals surface area contributed by atoms with Gasteiger partial charge in [0.15, 0.2) is 0 Å². The van der Waals surface area contributed by atoms with Gasteiger partial charge in [-0.15, -0.1) is 0 Å². The number of hydrogen-bond acceptors (Lipinski definition) is 3. The molecule has 0 spiro atoms. The van der Waals surface area contributed by atoms with Crippen LogP contribution in [0.1, 0.15) is 74.9 Å². The van der Waals surface area contributed by atoms with Crippen molar-refractivity contribution in [3.63, 3.8) is 0 Å². The largest absolute Gasteiger partial charge is 0.378 e. The second-order valence-electron chi connectivity index (χ2n) is 15.0. The molecule has 6 rings (SSSR count). The van der Waals surface area contributed by atoms with Crippen molar-refractivity contribution in [2.24, 2.45) is 0 Å². The van der Waals surface area contributed by atoms with Crippen LogP contribution in [0.2, 0.25) is 0 Å². The molecule has 0 atom stereocenters. The standard InChI is InChI=1S/C46H41N3/c1-45(2,3)35-21-17-31(18-22-35)40-27-33(16-13-30-14-25-37(26-15-30)49(7)8)41(32-19-23-36(24-20-32)46(4,5)6)43-39-12-10-9-11-38(39)42(44(40)43)34(28-47)29-48/h9-12,14-15,17-27H,1-8H3. The quantitative estimate of drug-likeness (QED) is 0.144. The summed E-state index contributed by atoms with van der Waals surface area (Å²) < 4.78 is 0. The minimum absolute atomic E-state index is 0.00158. The molecule has 0 unspecified atom stereocenters. The van der Waals surface area contributed by atoms with Gasteiger partial charge in [-0.05, 0) is 85.7 Å². The average molecular weight is 636 g/mol. The van der Waals surface area contributed by atoms with Gasteiger partial charge in [-0.1, -0.05) is 126 Å². The summed E-state index contributed by atoms with van der Waals surface area (Å²) in [7, 11) is 4.06. The van der Waals surface area contributed by atoms with Gasteiger partial charge in [-0.3, -0.25) is 0 Å². The minimum Gasteiger partial charge on any atom is -0.378 e. The van der Waals surface area contributed by atoms with Crippen molar-refractivity contribution in [2.75, 3.05) is 19.0 Å². The highest BCUT2D eigenvalue weighted by atomic mass is 15.1. The number of nitrogens with zero attached hydrogens (tertiary/aromatic N) is 3. The molecule has 5 aromatic rings. The number of fused-ring (bicyclic) bond motifs is 3. The van der Waals surface area contributed by atoms with E-state index in [4.69, 9.17) is 0 Å². The Hall–Kier alpha value is -5.82. The fourth-order valence-electron chi connectivity index (χ4n) is 6.56. The van der Waals surface area contributed by atoms with Gasteiger partial charge in [0, 0.05) is 47.6 Å². The zero-order valence-corrected chi connectivity index (χ0v) is 29.7. The molecule has 1 aliphatic carbocycles. The summed E-state index contributed by atoms with van der Waals surface area (Å²) >= 11 is 0. The summed E-state index contributed by atoms with van der Waals surface area (Å²) in [4.78, 5) is 2.08. The fraction of sp³-hybridized carbons (Fsp3) is 0.217. The topological polar surface area (TPSA) is 50.8 Å². The van der Waals surface area contributed by atoms with Gasteiger partial charge < -0.3 is 4.90 Å². The van der Waals surface area contributed by atoms with Gasteiger partial charge in [0.25, 0.3) is 0 Å². The molecule has 0 radical (unpaired) electrons. The summed E-state index contributed by atoms with van der Waals surface area (Å²) in [5.74, 6) is 7.06. The van der Waals surface area contributed by atoms with E-state index in [1.165, 1.54) is 11.1 Å². The lowest BCUT2D eigenvalue weighted by molar-refractivity contribution is 0.590. The average Bonchev–Trinajstić information content (AvgIpc) is 3.42. The first kappa shape index (κ1) is 33.1. The van der Waals surface area contributed by atoms with Gasteiger partial charge in [0.2, 0.25) is 0 Å². The monoisotopic (exact) mass is 635 g/mol. The first-order valence-corrected chi connectivity index (χ1v) is 16.7. The summed E-state index contributed by atoms with van der Waals surface area (Å²) in [6.07, 6.45) is 0. The van der Waals surface area contributed by atoms with Crippen LogP contribution in [0, 0.1) is 34.5 Å². The number of nitriles is 2. The Morgan fingerprint density at radius 2 is 1.08 bits per heavy atom. The molecule has 0 amide bonds. The second-order valence-corrected chi connectivity index (χ2v) is 15.0. The first-order chi connectivity index (χ1) is 23.3. The Balaban J connectivity index is 1.73. The van der Waals surface area contributed by atoms with Gasteiger partial charge in [0.05, 0.1) is 0 Å². The van der Waals surface area contributed by atoms with Crippen molar-refractivity contribution in [2.45, 2.75) is 52.4 Å². The normalized spacial score (nSPS) is 11.8. The van der Waals surface area contributed by atoms with Crippen LogP contribution < -0.4 is 4.90 Å². The van der Waals surface area contributed by atoms with Crippen LogP contribution in [0.3, 0.4) is 0 Å². The lowest BCUT2D eigenvalue weighted by atomic mass is 9.81. The molecule has 0 heterocycles. The molecule has 0 saturated carbocycles. The Labute approximate surface area is 291 Å². The lowest BCUT2D eigenvalue weighted by Crippen LogP contribution is -2.10. The maximum atomic E-state index is 10.3. The molecule has 240 valence electrons. The number of hydrogen-bond donors (Lipinski definition) is 0. The van der Waals surface area contributed by atoms with E-state index in [-0.39, 0.29) is 16.4 Å². The molecule has 49 heavy (non-hydrogen) atoms. The van der Waals surface area contributed by atoms with Crippen LogP contribution >= 0.6 is 0 Å². The van der Waals surface area contributed by atoms with E-state index in [1.54, 1.807) is 0 Å². The van der Waals surface area contributed by atoms with Crippen molar-refractivity contribution in [3.05, 3.63) is 142 Å². The Kier molecular flexibility index (Phi) is 8.55. The Morgan fingerprint density at radius 1 is 0.551 bits per heavy atom. The van der Waals surface area contributed by atoms with Crippen LogP contribution in [0.4, 0.5) is 5.69 Å². The SMILES string of the molecule is CN(C)c1ccc(C#Cc2cc(-c3ccc(C(C)(C)C)cc3)c3c(c2-c2ccc(C(C)(C)C)cc2)-c2ccccc2C3=C(C#N)C#N)cc1. The van der Waals surface area contributed by atoms with Crippen LogP contribution in [-0.4, -0.2) is 14.1 Å². The Morgan fingerprint density at radius 3 is 1.59 bits per heavy atom. The van der Waals surface area contributed by atoms with E-state index in [1.807, 2.05) is 32.3 Å². The molecule has 0 aromatic heterocycles. The molecule has 0 N–H and O–H groups in total. The molecule has 1 aliphatic rings. The smallest absolute Gasteiger partial charge is 0.138 e. The molecule has 0 fully saturated rings. The zero-order chi connectivity index (χ0) is 35.1. The highest BCUT2D eigenvalue weighted by Crippen LogP contribution is 2.54. The third-order valence-electron chi connectivity index (χ3n) is 9.34. The molecular formula is C46H41N3. The highest BCUT2D eigenvalue weighted by Gasteiger charge is 2.33. The maximum absolute atomic E-state index is 10.3.